The molecule has 4 heterocycles. The van der Waals surface area contributed by atoms with Crippen LogP contribution in [-0.2, 0) is 41.5 Å². The Morgan fingerprint density at radius 2 is 0.981 bits per heavy atom. The normalized spacial score (nSPS) is 11.1. The second-order valence-corrected chi connectivity index (χ2v) is 12.8. The van der Waals surface area contributed by atoms with E-state index in [0.717, 1.165) is 55.4 Å². The molecule has 0 spiro atoms. The molecule has 4 aromatic carbocycles. The number of nitrogens with zero attached hydrogens (tertiary/aromatic N) is 5. The van der Waals surface area contributed by atoms with Gasteiger partial charge in [-0.2, -0.15) is 22.9 Å². The van der Waals surface area contributed by atoms with Crippen molar-refractivity contribution in [2.24, 2.45) is 0 Å². The minimum absolute atomic E-state index is 0. The van der Waals surface area contributed by atoms with Gasteiger partial charge in [0.2, 0.25) is 5.95 Å². The number of pyridine rings is 2. The fraction of sp³-hybridized carbons (Fsp3) is 0.136. The maximum Gasteiger partial charge on any atom is 2.00 e. The average molecular weight is 965 g/mol. The molecule has 0 N–H and O–H groups in total. The van der Waals surface area contributed by atoms with Crippen LogP contribution in [0.2, 0.25) is 0 Å². The van der Waals surface area contributed by atoms with Gasteiger partial charge < -0.3 is 24.0 Å². The molecular weight excluding hydrogens is 932 g/mol. The summed E-state index contributed by atoms with van der Waals surface area (Å²) in [6, 6.07) is 43.5. The van der Waals surface area contributed by atoms with Crippen molar-refractivity contribution >= 4 is 21.8 Å². The molecule has 8 aromatic rings. The second-order valence-electron chi connectivity index (χ2n) is 12.8. The Morgan fingerprint density at radius 3 is 1.40 bits per heavy atom. The van der Waals surface area contributed by atoms with E-state index in [2.05, 4.69) is 84.0 Å². The van der Waals surface area contributed by atoms with Gasteiger partial charge in [-0.05, 0) is 29.6 Å². The maximum absolute atomic E-state index is 6.60. The Hall–Kier alpha value is -4.99. The van der Waals surface area contributed by atoms with E-state index in [9.17, 15) is 0 Å². The molecule has 0 unspecified atom stereocenters. The van der Waals surface area contributed by atoms with Crippen molar-refractivity contribution in [2.45, 2.75) is 39.5 Å². The first kappa shape index (κ1) is 37.8. The van der Waals surface area contributed by atoms with E-state index >= 15 is 0 Å². The van der Waals surface area contributed by atoms with E-state index < -0.39 is 0 Å². The SMILES string of the molecule is CC(C)c1cc2c3cc(C(C)C)c(Oc4[c-]c(-c5ccccn5)ccc4)[c-]c3n(-c3ncccn3)c2[c-]c1Oc1[c-]c(-c2ccccn2)ccc1.[Pd+2].[Pt+2]. The number of aromatic nitrogens is 5. The van der Waals surface area contributed by atoms with E-state index in [4.69, 9.17) is 9.47 Å². The molecule has 53 heavy (non-hydrogen) atoms. The summed E-state index contributed by atoms with van der Waals surface area (Å²) in [5, 5.41) is 1.99. The van der Waals surface area contributed by atoms with Crippen LogP contribution >= 0.6 is 0 Å². The van der Waals surface area contributed by atoms with Crippen LogP contribution in [0.25, 0.3) is 50.3 Å². The van der Waals surface area contributed by atoms with Gasteiger partial charge in [0, 0.05) is 47.8 Å². The third kappa shape index (κ3) is 7.73. The smallest absolute Gasteiger partial charge is 0.503 e. The van der Waals surface area contributed by atoms with Crippen molar-refractivity contribution in [2.75, 3.05) is 0 Å². The van der Waals surface area contributed by atoms with E-state index in [0.29, 0.717) is 28.9 Å². The van der Waals surface area contributed by atoms with Crippen molar-refractivity contribution in [3.8, 4) is 51.5 Å². The first-order valence-corrected chi connectivity index (χ1v) is 16.9. The van der Waals surface area contributed by atoms with Gasteiger partial charge in [0.15, 0.2) is 0 Å². The van der Waals surface area contributed by atoms with E-state index in [1.807, 2.05) is 77.4 Å². The summed E-state index contributed by atoms with van der Waals surface area (Å²) < 4.78 is 15.2. The van der Waals surface area contributed by atoms with Crippen molar-refractivity contribution in [3.63, 3.8) is 0 Å². The molecule has 8 rings (SSSR count). The number of hydrogen-bond donors (Lipinski definition) is 0. The number of ether oxygens (including phenoxy) is 2. The summed E-state index contributed by atoms with van der Waals surface area (Å²) in [7, 11) is 0. The summed E-state index contributed by atoms with van der Waals surface area (Å²) in [6.45, 7) is 8.62. The van der Waals surface area contributed by atoms with Gasteiger partial charge in [-0.1, -0.05) is 87.0 Å². The zero-order valence-electron chi connectivity index (χ0n) is 29.3. The Bertz CT molecular complexity index is 2340. The fourth-order valence-electron chi connectivity index (χ4n) is 6.16. The van der Waals surface area contributed by atoms with Crippen LogP contribution in [0.1, 0.15) is 50.7 Å². The van der Waals surface area contributed by atoms with Crippen LogP contribution in [0.3, 0.4) is 0 Å². The van der Waals surface area contributed by atoms with Crippen molar-refractivity contribution in [3.05, 3.63) is 151 Å². The van der Waals surface area contributed by atoms with Crippen LogP contribution in [0, 0.1) is 24.3 Å². The van der Waals surface area contributed by atoms with Gasteiger partial charge in [-0.15, -0.1) is 70.8 Å². The molecular formula is C44H33N5O2PdPt. The molecule has 0 atom stereocenters. The largest absolute Gasteiger partial charge is 2.00 e. The molecule has 0 radical (unpaired) electrons. The Morgan fingerprint density at radius 1 is 0.528 bits per heavy atom. The third-order valence-corrected chi connectivity index (χ3v) is 8.67. The molecule has 0 aliphatic carbocycles. The number of benzene rings is 4. The number of fused-ring (bicyclic) bond motifs is 3. The topological polar surface area (TPSA) is 75.0 Å². The zero-order valence-corrected chi connectivity index (χ0v) is 33.1. The van der Waals surface area contributed by atoms with Crippen LogP contribution in [-0.4, -0.2) is 24.5 Å². The van der Waals surface area contributed by atoms with Crippen LogP contribution in [0.4, 0.5) is 0 Å². The first-order valence-electron chi connectivity index (χ1n) is 16.9. The average Bonchev–Trinajstić information content (AvgIpc) is 3.47. The summed E-state index contributed by atoms with van der Waals surface area (Å²) in [5.41, 5.74) is 6.90. The van der Waals surface area contributed by atoms with Crippen LogP contribution in [0.15, 0.2) is 116 Å². The molecule has 0 saturated heterocycles. The number of rotatable bonds is 9. The van der Waals surface area contributed by atoms with Gasteiger partial charge in [-0.25, -0.2) is 9.97 Å². The second kappa shape index (κ2) is 16.4. The maximum atomic E-state index is 6.60. The first-order chi connectivity index (χ1) is 24.9. The van der Waals surface area contributed by atoms with Crippen LogP contribution < -0.4 is 9.47 Å². The van der Waals surface area contributed by atoms with Crippen molar-refractivity contribution < 1.29 is 51.0 Å². The molecule has 0 aliphatic rings. The van der Waals surface area contributed by atoms with Crippen LogP contribution in [0.5, 0.6) is 23.0 Å². The van der Waals surface area contributed by atoms with E-state index in [1.54, 1.807) is 30.9 Å². The zero-order chi connectivity index (χ0) is 34.9. The van der Waals surface area contributed by atoms with Gasteiger partial charge in [0.25, 0.3) is 0 Å². The van der Waals surface area contributed by atoms with Crippen molar-refractivity contribution in [1.82, 2.24) is 24.5 Å². The Kier molecular flexibility index (Phi) is 11.7. The van der Waals surface area contributed by atoms with Crippen molar-refractivity contribution in [1.29, 1.82) is 0 Å². The third-order valence-electron chi connectivity index (χ3n) is 8.67. The molecule has 0 amide bonds. The molecule has 0 aliphatic heterocycles. The predicted octanol–water partition coefficient (Wildman–Crippen LogP) is 10.7. The van der Waals surface area contributed by atoms with Gasteiger partial charge in [0.1, 0.15) is 0 Å². The monoisotopic (exact) mass is 964 g/mol. The standard InChI is InChI=1S/C44H33N5O2.Pd.Pt/c1-28(2)34-24-36-37-25-35(29(3)4)43(51-33-15-10-13-31(23-33)39-17-6-8-19-46-39)27-41(37)49(44-47-20-11-21-48-44)40(36)26-42(34)50-32-14-9-12-30(22-32)38-16-5-7-18-45-38;;/h5-21,24-25,28-29H,1-4H3;;/q-4;2*+2. The van der Waals surface area contributed by atoms with E-state index in [-0.39, 0.29) is 53.3 Å². The van der Waals surface area contributed by atoms with Gasteiger partial charge >= 0.3 is 41.5 Å². The minimum atomic E-state index is 0. The molecule has 0 bridgehead atoms. The summed E-state index contributed by atoms with van der Waals surface area (Å²) in [4.78, 5) is 18.3. The summed E-state index contributed by atoms with van der Waals surface area (Å²) >= 11 is 0. The molecule has 0 saturated carbocycles. The molecule has 4 aromatic heterocycles. The number of hydrogen-bond acceptors (Lipinski definition) is 6. The Labute approximate surface area is 337 Å². The molecule has 0 fully saturated rings. The molecule has 9 heteroatoms. The Balaban J connectivity index is 0.00000240. The summed E-state index contributed by atoms with van der Waals surface area (Å²) in [6.07, 6.45) is 7.01. The minimum Gasteiger partial charge on any atom is -0.503 e. The fourth-order valence-corrected chi connectivity index (χ4v) is 6.16. The van der Waals surface area contributed by atoms with Gasteiger partial charge in [-0.3, -0.25) is 0 Å². The molecule has 266 valence electrons. The quantitative estimate of drug-likeness (QED) is 0.106. The summed E-state index contributed by atoms with van der Waals surface area (Å²) in [5.74, 6) is 3.13. The van der Waals surface area contributed by atoms with Gasteiger partial charge in [0.05, 0.1) is 0 Å². The van der Waals surface area contributed by atoms with E-state index in [1.165, 1.54) is 0 Å². The molecule has 7 nitrogen and oxygen atoms in total. The predicted molar refractivity (Wildman–Crippen MR) is 199 cm³/mol.